The summed E-state index contributed by atoms with van der Waals surface area (Å²) in [4.78, 5) is 2.46. The monoisotopic (exact) mass is 184 g/mol. The van der Waals surface area contributed by atoms with Gasteiger partial charge in [-0.2, -0.15) is 0 Å². The molecule has 0 amide bonds. The molecule has 0 bridgehead atoms. The van der Waals surface area contributed by atoms with E-state index >= 15 is 0 Å². The fourth-order valence-electron chi connectivity index (χ4n) is 2.57. The molecular formula is C9H20N4. The zero-order chi connectivity index (χ0) is 9.64. The van der Waals surface area contributed by atoms with Crippen LogP contribution in [0.25, 0.3) is 0 Å². The molecule has 2 heterocycles. The third-order valence-corrected chi connectivity index (χ3v) is 3.45. The van der Waals surface area contributed by atoms with Crippen LogP contribution in [-0.4, -0.2) is 47.7 Å². The Morgan fingerprint density at radius 3 is 2.54 bits per heavy atom. The van der Waals surface area contributed by atoms with Crippen molar-refractivity contribution in [1.29, 1.82) is 0 Å². The zero-order valence-electron chi connectivity index (χ0n) is 8.53. The molecule has 0 aromatic rings. The van der Waals surface area contributed by atoms with Gasteiger partial charge in [0.25, 0.3) is 0 Å². The first kappa shape index (κ1) is 9.40. The van der Waals surface area contributed by atoms with Crippen molar-refractivity contribution in [3.8, 4) is 0 Å². The van der Waals surface area contributed by atoms with Crippen molar-refractivity contribution in [3.05, 3.63) is 0 Å². The van der Waals surface area contributed by atoms with E-state index in [0.29, 0.717) is 12.0 Å². The largest absolute Gasteiger partial charge is 0.323 e. The van der Waals surface area contributed by atoms with Crippen molar-refractivity contribution < 1.29 is 0 Å². The van der Waals surface area contributed by atoms with Crippen LogP contribution in [0.2, 0.25) is 0 Å². The molecule has 4 nitrogen and oxygen atoms in total. The lowest BCUT2D eigenvalue weighted by Gasteiger charge is -2.25. The minimum Gasteiger partial charge on any atom is -0.323 e. The summed E-state index contributed by atoms with van der Waals surface area (Å²) in [5, 5.41) is 1.86. The summed E-state index contributed by atoms with van der Waals surface area (Å²) in [5.74, 6) is 6.34. The molecule has 13 heavy (non-hydrogen) atoms. The third kappa shape index (κ3) is 1.48. The summed E-state index contributed by atoms with van der Waals surface area (Å²) in [6, 6.07) is 0.609. The van der Waals surface area contributed by atoms with Crippen LogP contribution in [0.3, 0.4) is 0 Å². The van der Waals surface area contributed by atoms with Gasteiger partial charge >= 0.3 is 0 Å². The van der Waals surface area contributed by atoms with E-state index in [1.165, 1.54) is 0 Å². The van der Waals surface area contributed by atoms with Crippen LogP contribution in [0.4, 0.5) is 0 Å². The van der Waals surface area contributed by atoms with Gasteiger partial charge in [-0.25, -0.2) is 5.01 Å². The molecule has 0 radical (unpaired) electrons. The average Bonchev–Trinajstić information content (AvgIpc) is 2.38. The van der Waals surface area contributed by atoms with E-state index in [1.54, 1.807) is 0 Å². The first-order valence-corrected chi connectivity index (χ1v) is 5.04. The van der Waals surface area contributed by atoms with E-state index in [4.69, 9.17) is 11.6 Å². The number of hydrogen-bond donors (Lipinski definition) is 2. The maximum atomic E-state index is 6.32. The number of hydrogen-bond acceptors (Lipinski definition) is 4. The molecule has 2 atom stereocenters. The summed E-state index contributed by atoms with van der Waals surface area (Å²) >= 11 is 0. The number of nitrogens with zero attached hydrogens (tertiary/aromatic N) is 2. The summed E-state index contributed by atoms with van der Waals surface area (Å²) < 4.78 is 0. The van der Waals surface area contributed by atoms with Crippen LogP contribution in [0.15, 0.2) is 0 Å². The Kier molecular flexibility index (Phi) is 2.11. The predicted molar refractivity (Wildman–Crippen MR) is 52.9 cm³/mol. The SMILES string of the molecule is CC(C)N1CC2CN(N)CC2(N)C1. The fraction of sp³-hybridized carbons (Fsp3) is 1.00. The first-order chi connectivity index (χ1) is 6.01. The van der Waals surface area contributed by atoms with E-state index in [9.17, 15) is 0 Å². The van der Waals surface area contributed by atoms with Crippen molar-refractivity contribution >= 4 is 0 Å². The van der Waals surface area contributed by atoms with Crippen LogP contribution in [0, 0.1) is 5.92 Å². The second-order valence-electron chi connectivity index (χ2n) is 4.88. The molecule has 0 aliphatic carbocycles. The second-order valence-corrected chi connectivity index (χ2v) is 4.88. The molecule has 2 fully saturated rings. The normalized spacial score (nSPS) is 41.8. The van der Waals surface area contributed by atoms with Gasteiger partial charge in [0, 0.05) is 43.7 Å². The number of fused-ring (bicyclic) bond motifs is 1. The van der Waals surface area contributed by atoms with Gasteiger partial charge in [-0.05, 0) is 13.8 Å². The minimum atomic E-state index is -0.0426. The van der Waals surface area contributed by atoms with Crippen LogP contribution >= 0.6 is 0 Å². The molecule has 2 aliphatic heterocycles. The van der Waals surface area contributed by atoms with Gasteiger partial charge in [-0.15, -0.1) is 0 Å². The summed E-state index contributed by atoms with van der Waals surface area (Å²) in [7, 11) is 0. The van der Waals surface area contributed by atoms with Gasteiger partial charge in [-0.3, -0.25) is 10.7 Å². The van der Waals surface area contributed by atoms with E-state index in [0.717, 1.165) is 26.2 Å². The highest BCUT2D eigenvalue weighted by atomic mass is 15.4. The van der Waals surface area contributed by atoms with E-state index in [1.807, 2.05) is 5.01 Å². The van der Waals surface area contributed by atoms with Gasteiger partial charge in [-0.1, -0.05) is 0 Å². The van der Waals surface area contributed by atoms with Crippen LogP contribution in [0.1, 0.15) is 13.8 Å². The zero-order valence-corrected chi connectivity index (χ0v) is 8.53. The molecule has 2 unspecified atom stereocenters. The summed E-state index contributed by atoms with van der Waals surface area (Å²) in [5.41, 5.74) is 6.28. The molecule has 0 saturated carbocycles. The van der Waals surface area contributed by atoms with Crippen LogP contribution in [-0.2, 0) is 0 Å². The minimum absolute atomic E-state index is 0.0426. The van der Waals surface area contributed by atoms with E-state index in [2.05, 4.69) is 18.7 Å². The van der Waals surface area contributed by atoms with Crippen molar-refractivity contribution in [2.45, 2.75) is 25.4 Å². The van der Waals surface area contributed by atoms with Crippen molar-refractivity contribution in [3.63, 3.8) is 0 Å². The predicted octanol–water partition coefficient (Wildman–Crippen LogP) is -0.787. The summed E-state index contributed by atoms with van der Waals surface area (Å²) in [6.07, 6.45) is 0. The molecule has 0 aromatic carbocycles. The lowest BCUT2D eigenvalue weighted by Crippen LogP contribution is -2.50. The van der Waals surface area contributed by atoms with Crippen LogP contribution < -0.4 is 11.6 Å². The molecule has 2 rings (SSSR count). The van der Waals surface area contributed by atoms with Crippen LogP contribution in [0.5, 0.6) is 0 Å². The molecule has 76 valence electrons. The Labute approximate surface area is 79.8 Å². The van der Waals surface area contributed by atoms with Gasteiger partial charge in [0.15, 0.2) is 0 Å². The molecule has 4 heteroatoms. The number of likely N-dealkylation sites (tertiary alicyclic amines) is 1. The van der Waals surface area contributed by atoms with E-state index in [-0.39, 0.29) is 5.54 Å². The van der Waals surface area contributed by atoms with Gasteiger partial charge in [0.05, 0.1) is 0 Å². The lowest BCUT2D eigenvalue weighted by molar-refractivity contribution is 0.219. The summed E-state index contributed by atoms with van der Waals surface area (Å²) in [6.45, 7) is 8.38. The molecular weight excluding hydrogens is 164 g/mol. The third-order valence-electron chi connectivity index (χ3n) is 3.45. The second kappa shape index (κ2) is 2.92. The quantitative estimate of drug-likeness (QED) is 0.525. The number of hydrazine groups is 1. The fourth-order valence-corrected chi connectivity index (χ4v) is 2.57. The van der Waals surface area contributed by atoms with Gasteiger partial charge in [0.1, 0.15) is 0 Å². The topological polar surface area (TPSA) is 58.5 Å². The molecule has 4 N–H and O–H groups in total. The van der Waals surface area contributed by atoms with Gasteiger partial charge in [0.2, 0.25) is 0 Å². The Bertz CT molecular complexity index is 206. The Balaban J connectivity index is 2.06. The highest BCUT2D eigenvalue weighted by molar-refractivity contribution is 5.08. The standard InChI is InChI=1S/C9H20N4/c1-7(2)12-3-8-4-13(11)6-9(8,10)5-12/h7-8H,3-6,10-11H2,1-2H3. The Hall–Kier alpha value is -0.160. The number of rotatable bonds is 1. The molecule has 2 saturated heterocycles. The van der Waals surface area contributed by atoms with Crippen molar-refractivity contribution in [1.82, 2.24) is 9.91 Å². The Morgan fingerprint density at radius 2 is 2.00 bits per heavy atom. The average molecular weight is 184 g/mol. The maximum Gasteiger partial charge on any atom is 0.0480 e. The highest BCUT2D eigenvalue weighted by Gasteiger charge is 2.49. The van der Waals surface area contributed by atoms with Crippen molar-refractivity contribution in [2.24, 2.45) is 17.5 Å². The molecule has 0 spiro atoms. The highest BCUT2D eigenvalue weighted by Crippen LogP contribution is 2.32. The smallest absolute Gasteiger partial charge is 0.0480 e. The van der Waals surface area contributed by atoms with E-state index < -0.39 is 0 Å². The van der Waals surface area contributed by atoms with Crippen molar-refractivity contribution in [2.75, 3.05) is 26.2 Å². The first-order valence-electron chi connectivity index (χ1n) is 5.04. The maximum absolute atomic E-state index is 6.32. The lowest BCUT2D eigenvalue weighted by atomic mass is 9.92. The Morgan fingerprint density at radius 1 is 1.31 bits per heavy atom. The van der Waals surface area contributed by atoms with Gasteiger partial charge < -0.3 is 5.73 Å². The molecule has 0 aromatic heterocycles. The molecule has 2 aliphatic rings. The number of nitrogens with two attached hydrogens (primary N) is 2.